The molecule has 8 nitrogen and oxygen atoms in total. The first-order valence-electron chi connectivity index (χ1n) is 8.08. The molecular formula is C14H25N3O5S2. The fraction of sp³-hybridized carbons (Fsp3) is 0.857. The molecule has 0 aliphatic carbocycles. The molecule has 0 aromatic rings. The van der Waals surface area contributed by atoms with Crippen molar-refractivity contribution < 1.29 is 18.6 Å². The fourth-order valence-electron chi connectivity index (χ4n) is 2.72. The van der Waals surface area contributed by atoms with Crippen molar-refractivity contribution >= 4 is 36.4 Å². The van der Waals surface area contributed by atoms with Crippen LogP contribution in [0.5, 0.6) is 0 Å². The molecule has 2 unspecified atom stereocenters. The fourth-order valence-corrected chi connectivity index (χ4v) is 3.97. The number of piperidine rings is 1. The summed E-state index contributed by atoms with van der Waals surface area (Å²) in [5.41, 5.74) is 0. The van der Waals surface area contributed by atoms with Gasteiger partial charge in [-0.2, -0.15) is 0 Å². The van der Waals surface area contributed by atoms with Crippen molar-refractivity contribution in [2.75, 3.05) is 12.3 Å². The minimum Gasteiger partial charge on any atom is -0.444 e. The normalized spacial score (nSPS) is 18.9. The van der Waals surface area contributed by atoms with Gasteiger partial charge in [0.1, 0.15) is 0 Å². The van der Waals surface area contributed by atoms with Crippen LogP contribution in [0.2, 0.25) is 0 Å². The summed E-state index contributed by atoms with van der Waals surface area (Å²) in [7, 11) is 0. The van der Waals surface area contributed by atoms with E-state index in [2.05, 4.69) is 8.87 Å². The standard InChI is InChI=1S/C14H25N3O5S2/c15-22-23-10-8-12(24-16-20)5-1-2-6-13(19)17-9-4-3-7-14(17)21-11-18/h11-12,14H,1-10,15H2. The second-order valence-electron chi connectivity index (χ2n) is 5.52. The number of hydrogen-bond acceptors (Lipinski definition) is 9. The highest BCUT2D eigenvalue weighted by atomic mass is 32.2. The predicted molar refractivity (Wildman–Crippen MR) is 94.5 cm³/mol. The Labute approximate surface area is 150 Å². The highest BCUT2D eigenvalue weighted by Gasteiger charge is 2.27. The van der Waals surface area contributed by atoms with Crippen molar-refractivity contribution in [3.8, 4) is 0 Å². The van der Waals surface area contributed by atoms with Gasteiger partial charge in [0.05, 0.1) is 0 Å². The third kappa shape index (κ3) is 8.32. The number of hydrogen-bond donors (Lipinski definition) is 1. The van der Waals surface area contributed by atoms with E-state index in [1.54, 1.807) is 4.90 Å². The van der Waals surface area contributed by atoms with E-state index in [4.69, 9.17) is 10.6 Å². The maximum absolute atomic E-state index is 12.3. The molecule has 0 spiro atoms. The first-order valence-corrected chi connectivity index (χ1v) is 9.83. The van der Waals surface area contributed by atoms with Gasteiger partial charge >= 0.3 is 0 Å². The molecule has 1 fully saturated rings. The molecule has 1 heterocycles. The number of carbonyl (C=O) groups is 2. The van der Waals surface area contributed by atoms with Crippen LogP contribution in [0.1, 0.15) is 51.4 Å². The summed E-state index contributed by atoms with van der Waals surface area (Å²) in [5, 5.41) is 0.112. The second-order valence-corrected chi connectivity index (χ2v) is 7.39. The number of carbonyl (C=O) groups excluding carboxylic acids is 2. The van der Waals surface area contributed by atoms with E-state index < -0.39 is 6.23 Å². The van der Waals surface area contributed by atoms with Crippen LogP contribution in [0, 0.1) is 4.91 Å². The zero-order chi connectivity index (χ0) is 17.6. The van der Waals surface area contributed by atoms with Gasteiger partial charge in [0.25, 0.3) is 6.47 Å². The topological polar surface area (TPSA) is 111 Å². The summed E-state index contributed by atoms with van der Waals surface area (Å²) >= 11 is 2.17. The molecule has 10 heteroatoms. The lowest BCUT2D eigenvalue weighted by Gasteiger charge is -2.34. The van der Waals surface area contributed by atoms with E-state index in [0.29, 0.717) is 31.6 Å². The summed E-state index contributed by atoms with van der Waals surface area (Å²) in [6, 6.07) is 0. The average Bonchev–Trinajstić information content (AvgIpc) is 2.59. The van der Waals surface area contributed by atoms with Crippen LogP contribution < -0.4 is 5.90 Å². The Morgan fingerprint density at radius 2 is 2.21 bits per heavy atom. The minimum absolute atomic E-state index is 0.0198. The van der Waals surface area contributed by atoms with Crippen molar-refractivity contribution in [2.24, 2.45) is 10.5 Å². The third-order valence-electron chi connectivity index (χ3n) is 3.93. The van der Waals surface area contributed by atoms with Crippen LogP contribution in [0.25, 0.3) is 0 Å². The highest BCUT2D eigenvalue weighted by Crippen LogP contribution is 2.24. The second kappa shape index (κ2) is 13.5. The van der Waals surface area contributed by atoms with Crippen LogP contribution in [0.4, 0.5) is 0 Å². The van der Waals surface area contributed by atoms with Crippen LogP contribution in [-0.4, -0.2) is 41.1 Å². The number of nitrogens with zero attached hydrogens (tertiary/aromatic N) is 2. The van der Waals surface area contributed by atoms with Gasteiger partial charge in [-0.1, -0.05) is 6.42 Å². The van der Waals surface area contributed by atoms with Gasteiger partial charge in [0.2, 0.25) is 5.91 Å². The largest absolute Gasteiger partial charge is 0.444 e. The SMILES string of the molecule is NOSCCC(CCCCC(=O)N1CCCCC1OC=O)SN=O. The summed E-state index contributed by atoms with van der Waals surface area (Å²) in [6.45, 7) is 1.05. The molecule has 0 aromatic carbocycles. The van der Waals surface area contributed by atoms with Crippen molar-refractivity contribution in [3.63, 3.8) is 0 Å². The molecule has 0 saturated carbocycles. The number of likely N-dealkylation sites (tertiary alicyclic amines) is 1. The summed E-state index contributed by atoms with van der Waals surface area (Å²) in [6.07, 6.45) is 5.76. The van der Waals surface area contributed by atoms with E-state index >= 15 is 0 Å². The van der Waals surface area contributed by atoms with Crippen LogP contribution >= 0.6 is 24.0 Å². The number of amides is 1. The quantitative estimate of drug-likeness (QED) is 0.130. The van der Waals surface area contributed by atoms with Crippen LogP contribution in [0.15, 0.2) is 4.58 Å². The van der Waals surface area contributed by atoms with E-state index in [1.807, 2.05) is 0 Å². The molecule has 1 aliphatic heterocycles. The zero-order valence-corrected chi connectivity index (χ0v) is 15.3. The Morgan fingerprint density at radius 3 is 2.92 bits per heavy atom. The molecule has 138 valence electrons. The summed E-state index contributed by atoms with van der Waals surface area (Å²) < 4.78 is 12.3. The van der Waals surface area contributed by atoms with Crippen molar-refractivity contribution in [1.29, 1.82) is 0 Å². The molecule has 1 aliphatic rings. The molecular weight excluding hydrogens is 354 g/mol. The average molecular weight is 380 g/mol. The van der Waals surface area contributed by atoms with Crippen LogP contribution in [0.3, 0.4) is 0 Å². The maximum Gasteiger partial charge on any atom is 0.295 e. The van der Waals surface area contributed by atoms with Gasteiger partial charge in [0, 0.05) is 59.0 Å². The molecule has 1 amide bonds. The molecule has 2 N–H and O–H groups in total. The Balaban J connectivity index is 2.27. The lowest BCUT2D eigenvalue weighted by Crippen LogP contribution is -2.45. The summed E-state index contributed by atoms with van der Waals surface area (Å²) in [4.78, 5) is 34.9. The Bertz CT molecular complexity index is 389. The third-order valence-corrected chi connectivity index (χ3v) is 5.32. The van der Waals surface area contributed by atoms with Gasteiger partial charge in [-0.15, -0.1) is 4.91 Å². The Hall–Kier alpha value is -0.840. The molecule has 0 aromatic heterocycles. The van der Waals surface area contributed by atoms with Crippen LogP contribution in [-0.2, 0) is 18.6 Å². The molecule has 0 radical (unpaired) electrons. The number of nitrogens with two attached hydrogens (primary N) is 1. The first kappa shape index (κ1) is 21.2. The van der Waals surface area contributed by atoms with Crippen molar-refractivity contribution in [2.45, 2.75) is 62.8 Å². The minimum atomic E-state index is -0.417. The Kier molecular flexibility index (Phi) is 11.9. The number of rotatable bonds is 13. The van der Waals surface area contributed by atoms with Gasteiger partial charge in [0.15, 0.2) is 6.23 Å². The molecule has 24 heavy (non-hydrogen) atoms. The van der Waals surface area contributed by atoms with Gasteiger partial charge in [-0.05, 0) is 32.1 Å². The van der Waals surface area contributed by atoms with Gasteiger partial charge in [-0.3, -0.25) is 9.59 Å². The highest BCUT2D eigenvalue weighted by molar-refractivity contribution is 7.98. The molecule has 2 atom stereocenters. The number of unbranched alkanes of at least 4 members (excludes halogenated alkanes) is 1. The van der Waals surface area contributed by atoms with Crippen molar-refractivity contribution in [3.05, 3.63) is 4.91 Å². The smallest absolute Gasteiger partial charge is 0.295 e. The lowest BCUT2D eigenvalue weighted by atomic mass is 10.1. The molecule has 0 bridgehead atoms. The van der Waals surface area contributed by atoms with Gasteiger partial charge < -0.3 is 9.64 Å². The zero-order valence-electron chi connectivity index (χ0n) is 13.6. The first-order chi connectivity index (χ1) is 11.7. The summed E-state index contributed by atoms with van der Waals surface area (Å²) in [5.74, 6) is 5.66. The molecule has 1 saturated heterocycles. The lowest BCUT2D eigenvalue weighted by molar-refractivity contribution is -0.158. The van der Waals surface area contributed by atoms with E-state index in [1.165, 1.54) is 0 Å². The number of nitroso groups, excluding NO2 is 1. The van der Waals surface area contributed by atoms with E-state index in [0.717, 1.165) is 62.5 Å². The van der Waals surface area contributed by atoms with Crippen molar-refractivity contribution in [1.82, 2.24) is 4.90 Å². The number of ether oxygens (including phenoxy) is 1. The monoisotopic (exact) mass is 379 g/mol. The maximum atomic E-state index is 12.3. The predicted octanol–water partition coefficient (Wildman–Crippen LogP) is 2.77. The van der Waals surface area contributed by atoms with Gasteiger partial charge in [-0.25, -0.2) is 10.2 Å². The van der Waals surface area contributed by atoms with E-state index in [-0.39, 0.29) is 11.2 Å². The Morgan fingerprint density at radius 1 is 1.38 bits per heavy atom. The molecule has 1 rings (SSSR count). The van der Waals surface area contributed by atoms with E-state index in [9.17, 15) is 14.5 Å².